The number of hydrogen-bond donors (Lipinski definition) is 0. The highest BCUT2D eigenvalue weighted by Gasteiger charge is 2.14. The third-order valence-corrected chi connectivity index (χ3v) is 6.27. The molecule has 0 fully saturated rings. The number of hydrogen-bond acceptors (Lipinski definition) is 7. The second kappa shape index (κ2) is 8.91. The van der Waals surface area contributed by atoms with Gasteiger partial charge in [-0.05, 0) is 17.7 Å². The number of nitrogens with zero attached hydrogens (tertiary/aromatic N) is 4. The average molecular weight is 474 g/mol. The molecule has 0 N–H and O–H groups in total. The van der Waals surface area contributed by atoms with Gasteiger partial charge in [-0.2, -0.15) is 0 Å². The van der Waals surface area contributed by atoms with Gasteiger partial charge in [0.15, 0.2) is 4.96 Å². The Balaban J connectivity index is 1.33. The zero-order valence-electron chi connectivity index (χ0n) is 17.8. The van der Waals surface area contributed by atoms with Crippen molar-refractivity contribution < 1.29 is 9.53 Å². The highest BCUT2D eigenvalue weighted by atomic mass is 32.1. The Morgan fingerprint density at radius 1 is 0.941 bits per heavy atom. The number of rotatable bonds is 6. The van der Waals surface area contributed by atoms with Crippen molar-refractivity contribution in [3.05, 3.63) is 115 Å². The minimum atomic E-state index is -0.782. The average Bonchev–Trinajstić information content (AvgIpc) is 3.22. The van der Waals surface area contributed by atoms with E-state index in [1.165, 1.54) is 38.6 Å². The lowest BCUT2D eigenvalue weighted by Crippen LogP contribution is -2.41. The Morgan fingerprint density at radius 2 is 1.71 bits per heavy atom. The number of para-hydroxylation sites is 1. The van der Waals surface area contributed by atoms with Gasteiger partial charge in [0, 0.05) is 18.3 Å². The minimum absolute atomic E-state index is 0.251. The van der Waals surface area contributed by atoms with Crippen LogP contribution in [0, 0.1) is 0 Å². The van der Waals surface area contributed by atoms with Gasteiger partial charge in [0.2, 0.25) is 0 Å². The van der Waals surface area contributed by atoms with Crippen molar-refractivity contribution in [2.75, 3.05) is 0 Å². The predicted octanol–water partition coefficient (Wildman–Crippen LogP) is 2.02. The molecule has 0 aliphatic carbocycles. The summed E-state index contributed by atoms with van der Waals surface area (Å²) in [5.74, 6) is -0.782. The van der Waals surface area contributed by atoms with Crippen LogP contribution in [0.2, 0.25) is 0 Å². The Morgan fingerprint density at radius 3 is 2.53 bits per heavy atom. The van der Waals surface area contributed by atoms with E-state index in [-0.39, 0.29) is 24.4 Å². The summed E-state index contributed by atoms with van der Waals surface area (Å²) < 4.78 is 9.81. The zero-order valence-corrected chi connectivity index (χ0v) is 18.6. The van der Waals surface area contributed by atoms with Crippen LogP contribution < -0.4 is 16.8 Å². The Bertz CT molecular complexity index is 1700. The van der Waals surface area contributed by atoms with Crippen molar-refractivity contribution in [1.29, 1.82) is 0 Å². The number of carbonyl (C=O) groups is 1. The maximum atomic E-state index is 12.7. The molecular weight excluding hydrogens is 456 g/mol. The summed E-state index contributed by atoms with van der Waals surface area (Å²) in [6, 6.07) is 19.3. The molecule has 34 heavy (non-hydrogen) atoms. The van der Waals surface area contributed by atoms with Crippen molar-refractivity contribution in [3.63, 3.8) is 0 Å². The fourth-order valence-electron chi connectivity index (χ4n) is 3.63. The molecule has 170 valence electrons. The number of fused-ring (bicyclic) bond motifs is 3. The van der Waals surface area contributed by atoms with E-state index in [9.17, 15) is 19.2 Å². The van der Waals surface area contributed by atoms with Gasteiger partial charge in [-0.15, -0.1) is 0 Å². The van der Waals surface area contributed by atoms with E-state index in [0.29, 0.717) is 4.96 Å². The van der Waals surface area contributed by atoms with E-state index >= 15 is 0 Å². The predicted molar refractivity (Wildman–Crippen MR) is 127 cm³/mol. The summed E-state index contributed by atoms with van der Waals surface area (Å²) in [7, 11) is 0. The van der Waals surface area contributed by atoms with E-state index < -0.39 is 23.8 Å². The Hall–Kier alpha value is -4.31. The van der Waals surface area contributed by atoms with Gasteiger partial charge in [0.25, 0.3) is 11.1 Å². The molecule has 0 aliphatic heterocycles. The molecule has 0 saturated heterocycles. The molecule has 0 atom stereocenters. The molecule has 3 aromatic heterocycles. The maximum Gasteiger partial charge on any atom is 0.331 e. The van der Waals surface area contributed by atoms with Crippen molar-refractivity contribution in [1.82, 2.24) is 18.5 Å². The van der Waals surface area contributed by atoms with Crippen molar-refractivity contribution >= 4 is 32.5 Å². The summed E-state index contributed by atoms with van der Waals surface area (Å²) in [5.41, 5.74) is 0.430. The maximum absolute atomic E-state index is 12.7. The Labute approximate surface area is 195 Å². The molecule has 9 nitrogen and oxygen atoms in total. The van der Waals surface area contributed by atoms with Crippen LogP contribution in [0.3, 0.4) is 0 Å². The second-order valence-corrected chi connectivity index (χ2v) is 8.58. The van der Waals surface area contributed by atoms with E-state index in [1.54, 1.807) is 0 Å². The highest BCUT2D eigenvalue weighted by molar-refractivity contribution is 7.23. The van der Waals surface area contributed by atoms with E-state index in [4.69, 9.17) is 4.74 Å². The molecule has 0 unspecified atom stereocenters. The number of carbonyl (C=O) groups excluding carboxylic acids is 1. The first-order valence-electron chi connectivity index (χ1n) is 10.4. The monoisotopic (exact) mass is 474 g/mol. The van der Waals surface area contributed by atoms with Crippen molar-refractivity contribution in [2.24, 2.45) is 0 Å². The summed E-state index contributed by atoms with van der Waals surface area (Å²) >= 11 is 1.35. The molecule has 0 saturated carbocycles. The topological polar surface area (TPSA) is 105 Å². The van der Waals surface area contributed by atoms with Gasteiger partial charge >= 0.3 is 11.7 Å². The van der Waals surface area contributed by atoms with Crippen LogP contribution in [0.15, 0.2) is 87.3 Å². The molecule has 5 rings (SSSR count). The summed E-state index contributed by atoms with van der Waals surface area (Å²) in [6.07, 6.45) is 1.40. The number of aromatic nitrogens is 4. The van der Waals surface area contributed by atoms with Crippen LogP contribution in [0.1, 0.15) is 11.3 Å². The molecule has 2 aromatic carbocycles. The third kappa shape index (κ3) is 4.18. The van der Waals surface area contributed by atoms with Crippen LogP contribution in [-0.2, 0) is 29.2 Å². The van der Waals surface area contributed by atoms with Crippen LogP contribution in [0.25, 0.3) is 15.2 Å². The number of thiazole rings is 1. The first kappa shape index (κ1) is 21.5. The lowest BCUT2D eigenvalue weighted by Gasteiger charge is -2.10. The Kier molecular flexibility index (Phi) is 5.64. The number of esters is 1. The summed E-state index contributed by atoms with van der Waals surface area (Å²) in [6.45, 7) is -0.534. The van der Waals surface area contributed by atoms with E-state index in [2.05, 4.69) is 4.98 Å². The van der Waals surface area contributed by atoms with Crippen LogP contribution in [-0.4, -0.2) is 24.5 Å². The molecule has 0 radical (unpaired) electrons. The van der Waals surface area contributed by atoms with Gasteiger partial charge in [0.1, 0.15) is 13.2 Å². The first-order valence-corrected chi connectivity index (χ1v) is 11.2. The molecule has 0 amide bonds. The summed E-state index contributed by atoms with van der Waals surface area (Å²) in [4.78, 5) is 54.9. The van der Waals surface area contributed by atoms with Crippen LogP contribution in [0.4, 0.5) is 0 Å². The van der Waals surface area contributed by atoms with Crippen LogP contribution in [0.5, 0.6) is 0 Å². The fraction of sp³-hybridized carbons (Fsp3) is 0.125. The molecule has 0 spiro atoms. The summed E-state index contributed by atoms with van der Waals surface area (Å²) in [5, 5.41) is 0. The molecule has 5 aromatic rings. The molecule has 10 heteroatoms. The fourth-order valence-corrected chi connectivity index (χ4v) is 4.68. The quantitative estimate of drug-likeness (QED) is 0.349. The molecule has 0 aliphatic rings. The normalized spacial score (nSPS) is 11.2. The molecule has 0 bridgehead atoms. The number of benzene rings is 2. The van der Waals surface area contributed by atoms with E-state index in [0.717, 1.165) is 20.3 Å². The number of ether oxygens (including phenoxy) is 1. The molecule has 3 heterocycles. The largest absolute Gasteiger partial charge is 0.458 e. The van der Waals surface area contributed by atoms with Crippen molar-refractivity contribution in [3.8, 4) is 0 Å². The standard InChI is InChI=1S/C24H18N4O5S/c29-20-10-11-26(13-16-6-2-1-3-7-16)24(32)27(20)14-22(31)33-15-17-12-21(30)28-18-8-4-5-9-19(18)34-23(28)25-17/h1-12H,13-15H2. The smallest absolute Gasteiger partial charge is 0.331 e. The SMILES string of the molecule is O=C(Cn1c(=O)ccn(Cc2ccccc2)c1=O)OCc1cc(=O)n2c(n1)sc1ccccc12. The second-order valence-electron chi connectivity index (χ2n) is 7.57. The minimum Gasteiger partial charge on any atom is -0.458 e. The van der Waals surface area contributed by atoms with Crippen LogP contribution >= 0.6 is 11.3 Å². The highest BCUT2D eigenvalue weighted by Crippen LogP contribution is 2.23. The van der Waals surface area contributed by atoms with Gasteiger partial charge in [0.05, 0.1) is 22.5 Å². The van der Waals surface area contributed by atoms with Gasteiger partial charge in [-0.1, -0.05) is 53.8 Å². The molecular formula is C24H18N4O5S. The zero-order chi connectivity index (χ0) is 23.7. The van der Waals surface area contributed by atoms with E-state index in [1.807, 2.05) is 54.6 Å². The first-order chi connectivity index (χ1) is 16.5. The van der Waals surface area contributed by atoms with Gasteiger partial charge < -0.3 is 4.74 Å². The third-order valence-electron chi connectivity index (χ3n) is 5.25. The van der Waals surface area contributed by atoms with Crippen molar-refractivity contribution in [2.45, 2.75) is 19.7 Å². The van der Waals surface area contributed by atoms with Gasteiger partial charge in [-0.3, -0.25) is 23.4 Å². The lowest BCUT2D eigenvalue weighted by molar-refractivity contribution is -0.145. The van der Waals surface area contributed by atoms with Gasteiger partial charge in [-0.25, -0.2) is 14.3 Å². The lowest BCUT2D eigenvalue weighted by atomic mass is 10.2.